The van der Waals surface area contributed by atoms with Crippen LogP contribution in [0.3, 0.4) is 0 Å². The molecule has 4 aromatic heterocycles. The van der Waals surface area contributed by atoms with Gasteiger partial charge in [-0.3, -0.25) is 0 Å². The number of phenols is 1. The summed E-state index contributed by atoms with van der Waals surface area (Å²) in [6, 6.07) is 10.7. The molecular weight excluding hydrogens is 346 g/mol. The number of fused-ring (bicyclic) bond motifs is 3. The number of aryl methyl sites for hydroxylation is 2. The van der Waals surface area contributed by atoms with Crippen LogP contribution in [0.4, 0.5) is 5.95 Å². The molecule has 0 bridgehead atoms. The zero-order valence-corrected chi connectivity index (χ0v) is 14.1. The van der Waals surface area contributed by atoms with Gasteiger partial charge in [-0.05, 0) is 36.2 Å². The molecule has 0 atom stereocenters. The molecule has 0 unspecified atom stereocenters. The van der Waals surface area contributed by atoms with Gasteiger partial charge in [0.05, 0.1) is 17.8 Å². The van der Waals surface area contributed by atoms with Gasteiger partial charge < -0.3 is 15.3 Å². The SMILES string of the molecule is Nc1nc2c(cnn2CCc2cccc(O)c2)c2nc(-c3ccco3)nn12. The lowest BCUT2D eigenvalue weighted by atomic mass is 10.1. The highest BCUT2D eigenvalue weighted by atomic mass is 16.3. The molecule has 4 heterocycles. The van der Waals surface area contributed by atoms with E-state index in [9.17, 15) is 5.11 Å². The fourth-order valence-corrected chi connectivity index (χ4v) is 3.08. The van der Waals surface area contributed by atoms with E-state index in [1.54, 1.807) is 41.4 Å². The Balaban J connectivity index is 1.55. The molecule has 9 heteroatoms. The molecule has 0 aliphatic rings. The summed E-state index contributed by atoms with van der Waals surface area (Å²) >= 11 is 0. The number of nitrogens with zero attached hydrogens (tertiary/aromatic N) is 6. The van der Waals surface area contributed by atoms with E-state index in [1.807, 2.05) is 12.1 Å². The van der Waals surface area contributed by atoms with Crippen LogP contribution in [0.25, 0.3) is 28.3 Å². The van der Waals surface area contributed by atoms with Crippen LogP contribution in [-0.4, -0.2) is 34.5 Å². The number of aromatic hydroxyl groups is 1. The van der Waals surface area contributed by atoms with Gasteiger partial charge in [0.2, 0.25) is 11.8 Å². The fourth-order valence-electron chi connectivity index (χ4n) is 3.08. The maximum atomic E-state index is 9.60. The number of furan rings is 1. The second-order valence-corrected chi connectivity index (χ2v) is 6.14. The predicted molar refractivity (Wildman–Crippen MR) is 98.0 cm³/mol. The van der Waals surface area contributed by atoms with Gasteiger partial charge in [0.25, 0.3) is 0 Å². The van der Waals surface area contributed by atoms with E-state index in [2.05, 4.69) is 20.2 Å². The summed E-state index contributed by atoms with van der Waals surface area (Å²) < 4.78 is 8.62. The molecule has 0 amide bonds. The number of hydrogen-bond acceptors (Lipinski definition) is 7. The van der Waals surface area contributed by atoms with Crippen LogP contribution in [-0.2, 0) is 13.0 Å². The zero-order valence-electron chi connectivity index (χ0n) is 14.1. The van der Waals surface area contributed by atoms with Gasteiger partial charge >= 0.3 is 0 Å². The van der Waals surface area contributed by atoms with Crippen molar-refractivity contribution in [2.24, 2.45) is 0 Å². The van der Waals surface area contributed by atoms with Gasteiger partial charge in [0, 0.05) is 6.54 Å². The smallest absolute Gasteiger partial charge is 0.225 e. The number of benzene rings is 1. The Morgan fingerprint density at radius 1 is 1.11 bits per heavy atom. The lowest BCUT2D eigenvalue weighted by Gasteiger charge is -2.05. The first-order chi connectivity index (χ1) is 13.2. The number of anilines is 1. The molecular formula is C18H15N7O2. The summed E-state index contributed by atoms with van der Waals surface area (Å²) in [5.74, 6) is 1.47. The second-order valence-electron chi connectivity index (χ2n) is 6.14. The molecule has 0 aliphatic carbocycles. The van der Waals surface area contributed by atoms with Gasteiger partial charge in [0.1, 0.15) is 5.75 Å². The van der Waals surface area contributed by atoms with E-state index >= 15 is 0 Å². The second kappa shape index (κ2) is 5.84. The van der Waals surface area contributed by atoms with E-state index < -0.39 is 0 Å². The van der Waals surface area contributed by atoms with E-state index in [4.69, 9.17) is 10.2 Å². The van der Waals surface area contributed by atoms with Crippen LogP contribution in [0.15, 0.2) is 53.3 Å². The lowest BCUT2D eigenvalue weighted by Crippen LogP contribution is -2.07. The Morgan fingerprint density at radius 2 is 2.04 bits per heavy atom. The number of aromatic nitrogens is 6. The van der Waals surface area contributed by atoms with E-state index in [0.29, 0.717) is 35.8 Å². The molecule has 9 nitrogen and oxygen atoms in total. The Labute approximate surface area is 152 Å². The topological polar surface area (TPSA) is 120 Å². The third-order valence-corrected chi connectivity index (χ3v) is 4.36. The molecule has 0 fully saturated rings. The minimum absolute atomic E-state index is 0.224. The quantitative estimate of drug-likeness (QED) is 0.504. The highest BCUT2D eigenvalue weighted by molar-refractivity contribution is 5.90. The van der Waals surface area contributed by atoms with Crippen molar-refractivity contribution >= 4 is 22.6 Å². The summed E-state index contributed by atoms with van der Waals surface area (Å²) in [5, 5.41) is 19.2. The molecule has 1 aromatic carbocycles. The number of nitrogen functional groups attached to an aromatic ring is 1. The maximum Gasteiger partial charge on any atom is 0.225 e. The van der Waals surface area contributed by atoms with Crippen LogP contribution >= 0.6 is 0 Å². The number of hydrogen-bond donors (Lipinski definition) is 2. The van der Waals surface area contributed by atoms with Crippen molar-refractivity contribution in [2.45, 2.75) is 13.0 Å². The Morgan fingerprint density at radius 3 is 2.85 bits per heavy atom. The van der Waals surface area contributed by atoms with Gasteiger partial charge in [0.15, 0.2) is 17.1 Å². The number of phenolic OH excluding ortho intramolecular Hbond substituents is 1. The number of rotatable bonds is 4. The van der Waals surface area contributed by atoms with Gasteiger partial charge in [-0.15, -0.1) is 5.10 Å². The largest absolute Gasteiger partial charge is 0.508 e. The molecule has 134 valence electrons. The standard InChI is InChI=1S/C18H15N7O2/c19-18-22-16-13(17-21-15(23-25(17)18)14-5-2-8-27-14)10-20-24(16)7-6-11-3-1-4-12(26)9-11/h1-5,8-10,26H,6-7H2,(H2,19,22). The Hall–Kier alpha value is -3.88. The number of nitrogens with two attached hydrogens (primary N) is 1. The van der Waals surface area contributed by atoms with Crippen LogP contribution in [0.1, 0.15) is 5.56 Å². The Kier molecular flexibility index (Phi) is 3.32. The summed E-state index contributed by atoms with van der Waals surface area (Å²) in [5.41, 5.74) is 8.31. The molecule has 5 rings (SSSR count). The third kappa shape index (κ3) is 2.56. The first kappa shape index (κ1) is 15.4. The fraction of sp³-hybridized carbons (Fsp3) is 0.111. The maximum absolute atomic E-state index is 9.60. The molecule has 0 radical (unpaired) electrons. The van der Waals surface area contributed by atoms with Crippen molar-refractivity contribution in [3.8, 4) is 17.3 Å². The average Bonchev–Trinajstić information content (AvgIpc) is 3.39. The monoisotopic (exact) mass is 361 g/mol. The van der Waals surface area contributed by atoms with Crippen molar-refractivity contribution in [3.05, 3.63) is 54.4 Å². The first-order valence-corrected chi connectivity index (χ1v) is 8.38. The average molecular weight is 361 g/mol. The minimum atomic E-state index is 0.224. The molecule has 0 saturated heterocycles. The highest BCUT2D eigenvalue weighted by Gasteiger charge is 2.17. The molecule has 5 aromatic rings. The van der Waals surface area contributed by atoms with Crippen LogP contribution in [0, 0.1) is 0 Å². The summed E-state index contributed by atoms with van der Waals surface area (Å²) in [4.78, 5) is 8.99. The van der Waals surface area contributed by atoms with Crippen molar-refractivity contribution in [1.29, 1.82) is 0 Å². The van der Waals surface area contributed by atoms with Crippen LogP contribution in [0.2, 0.25) is 0 Å². The summed E-state index contributed by atoms with van der Waals surface area (Å²) in [7, 11) is 0. The van der Waals surface area contributed by atoms with Crippen molar-refractivity contribution in [1.82, 2.24) is 29.4 Å². The first-order valence-electron chi connectivity index (χ1n) is 8.38. The predicted octanol–water partition coefficient (Wildman–Crippen LogP) is 2.26. The lowest BCUT2D eigenvalue weighted by molar-refractivity contribution is 0.474. The van der Waals surface area contributed by atoms with Gasteiger partial charge in [-0.25, -0.2) is 9.67 Å². The van der Waals surface area contributed by atoms with Crippen LogP contribution in [0.5, 0.6) is 5.75 Å². The highest BCUT2D eigenvalue weighted by Crippen LogP contribution is 2.23. The van der Waals surface area contributed by atoms with Gasteiger partial charge in [-0.1, -0.05) is 12.1 Å². The Bertz CT molecular complexity index is 1250. The molecule has 0 aliphatic heterocycles. The van der Waals surface area contributed by atoms with Crippen molar-refractivity contribution < 1.29 is 9.52 Å². The molecule has 3 N–H and O–H groups in total. The van der Waals surface area contributed by atoms with Crippen molar-refractivity contribution in [2.75, 3.05) is 5.73 Å². The molecule has 27 heavy (non-hydrogen) atoms. The third-order valence-electron chi connectivity index (χ3n) is 4.36. The summed E-state index contributed by atoms with van der Waals surface area (Å²) in [6.45, 7) is 0.592. The van der Waals surface area contributed by atoms with Crippen LogP contribution < -0.4 is 5.73 Å². The zero-order chi connectivity index (χ0) is 18.4. The normalized spacial score (nSPS) is 11.6. The van der Waals surface area contributed by atoms with E-state index in [1.165, 1.54) is 4.52 Å². The van der Waals surface area contributed by atoms with E-state index in [0.717, 1.165) is 10.9 Å². The van der Waals surface area contributed by atoms with Gasteiger partial charge in [-0.2, -0.15) is 14.6 Å². The van der Waals surface area contributed by atoms with Crippen molar-refractivity contribution in [3.63, 3.8) is 0 Å². The minimum Gasteiger partial charge on any atom is -0.508 e. The summed E-state index contributed by atoms with van der Waals surface area (Å²) in [6.07, 6.45) is 3.97. The van der Waals surface area contributed by atoms with E-state index in [-0.39, 0.29) is 11.7 Å². The molecule has 0 spiro atoms. The molecule has 0 saturated carbocycles.